The average molecular weight is 277 g/mol. The van der Waals surface area contributed by atoms with Crippen LogP contribution in [-0.2, 0) is 0 Å². The Bertz CT molecular complexity index is 514. The maximum absolute atomic E-state index is 6.16. The molecule has 0 aromatic carbocycles. The topological polar surface area (TPSA) is 3.24 Å². The van der Waals surface area contributed by atoms with Gasteiger partial charge in [0.1, 0.15) is 0 Å². The molecule has 0 fully saturated rings. The number of rotatable bonds is 8. The lowest BCUT2D eigenvalue weighted by atomic mass is 10.1. The van der Waals surface area contributed by atoms with Gasteiger partial charge in [-0.15, -0.1) is 0 Å². The minimum Gasteiger partial charge on any atom is -0.398 e. The molecule has 0 unspecified atom stereocenters. The zero-order valence-corrected chi connectivity index (χ0v) is 13.3. The summed E-state index contributed by atoms with van der Waals surface area (Å²) in [4.78, 5) is 1.61. The molecule has 2 radical (unpaired) electrons. The molecule has 1 nitrogen and oxygen atoms in total. The van der Waals surface area contributed by atoms with Crippen molar-refractivity contribution in [3.63, 3.8) is 0 Å². The van der Waals surface area contributed by atoms with Crippen molar-refractivity contribution in [1.82, 2.24) is 4.81 Å². The standard InChI is InChI=1S/C19H24BN/c1-6-10-12-13-14-15-17(5)19(9-4)21(20)18(8-3)16-11-7-2/h6-16H,2,4H2,1,3,5H3/b10-6+,13-12-,15-14-,16-11-,18-8+,19-17-. The van der Waals surface area contributed by atoms with Crippen LogP contribution in [0.15, 0.2) is 97.0 Å². The molecule has 0 atom stereocenters. The molecule has 0 saturated heterocycles. The average Bonchev–Trinajstić information content (AvgIpc) is 2.48. The molecule has 0 aliphatic carbocycles. The maximum atomic E-state index is 6.16. The van der Waals surface area contributed by atoms with E-state index >= 15 is 0 Å². The lowest BCUT2D eigenvalue weighted by molar-refractivity contribution is 0.718. The van der Waals surface area contributed by atoms with Crippen molar-refractivity contribution >= 4 is 7.98 Å². The predicted molar refractivity (Wildman–Crippen MR) is 96.7 cm³/mol. The molecule has 0 heterocycles. The van der Waals surface area contributed by atoms with Crippen molar-refractivity contribution in [1.29, 1.82) is 0 Å². The molecule has 0 aliphatic heterocycles. The van der Waals surface area contributed by atoms with Crippen LogP contribution in [0.4, 0.5) is 0 Å². The maximum Gasteiger partial charge on any atom is 0.234 e. The van der Waals surface area contributed by atoms with Crippen molar-refractivity contribution in [2.75, 3.05) is 0 Å². The zero-order valence-electron chi connectivity index (χ0n) is 13.3. The Morgan fingerprint density at radius 3 is 2.14 bits per heavy atom. The molecule has 0 spiro atoms. The van der Waals surface area contributed by atoms with Crippen LogP contribution in [0.2, 0.25) is 0 Å². The van der Waals surface area contributed by atoms with Gasteiger partial charge in [-0.25, -0.2) is 0 Å². The van der Waals surface area contributed by atoms with E-state index in [-0.39, 0.29) is 0 Å². The number of allylic oxidation sites excluding steroid dienone is 12. The predicted octanol–water partition coefficient (Wildman–Crippen LogP) is 5.17. The highest BCUT2D eigenvalue weighted by atomic mass is 15.0. The molecule has 0 aromatic heterocycles. The van der Waals surface area contributed by atoms with Gasteiger partial charge in [-0.1, -0.05) is 67.8 Å². The second-order valence-corrected chi connectivity index (χ2v) is 4.22. The van der Waals surface area contributed by atoms with E-state index in [0.29, 0.717) is 0 Å². The molecule has 0 amide bonds. The van der Waals surface area contributed by atoms with Gasteiger partial charge >= 0.3 is 0 Å². The van der Waals surface area contributed by atoms with Gasteiger partial charge < -0.3 is 4.81 Å². The summed E-state index contributed by atoms with van der Waals surface area (Å²) in [5.74, 6) is 0. The smallest absolute Gasteiger partial charge is 0.234 e. The first-order valence-electron chi connectivity index (χ1n) is 6.91. The normalized spacial score (nSPS) is 14.3. The summed E-state index contributed by atoms with van der Waals surface area (Å²) >= 11 is 0. The summed E-state index contributed by atoms with van der Waals surface area (Å²) < 4.78 is 0. The first-order chi connectivity index (χ1) is 10.1. The fraction of sp³-hybridized carbons (Fsp3) is 0.158. The summed E-state index contributed by atoms with van der Waals surface area (Å²) in [6, 6.07) is 0. The molecule has 0 aliphatic rings. The van der Waals surface area contributed by atoms with E-state index in [2.05, 4.69) is 13.2 Å². The second kappa shape index (κ2) is 11.6. The molecule has 2 heteroatoms. The summed E-state index contributed by atoms with van der Waals surface area (Å²) in [6.07, 6.45) is 21.0. The Kier molecular flexibility index (Phi) is 10.4. The highest BCUT2D eigenvalue weighted by Crippen LogP contribution is 2.17. The van der Waals surface area contributed by atoms with Gasteiger partial charge in [0, 0.05) is 11.4 Å². The molecular formula is C19H24BN. The van der Waals surface area contributed by atoms with Crippen molar-refractivity contribution in [3.8, 4) is 0 Å². The molecule has 108 valence electrons. The Labute approximate surface area is 131 Å². The van der Waals surface area contributed by atoms with Crippen molar-refractivity contribution < 1.29 is 0 Å². The SMILES string of the molecule is [B]N(\C(C=C)=C(C)/C=C\C=C/C=C/C)C(/C=C\C=C)=C/C. The molecule has 0 saturated carbocycles. The molecule has 0 bridgehead atoms. The Morgan fingerprint density at radius 2 is 1.62 bits per heavy atom. The second-order valence-electron chi connectivity index (χ2n) is 4.22. The third kappa shape index (κ3) is 7.21. The lowest BCUT2D eigenvalue weighted by Crippen LogP contribution is -2.17. The third-order valence-electron chi connectivity index (χ3n) is 2.71. The summed E-state index contributed by atoms with van der Waals surface area (Å²) in [7, 11) is 6.16. The van der Waals surface area contributed by atoms with Crippen LogP contribution >= 0.6 is 0 Å². The quantitative estimate of drug-likeness (QED) is 0.437. The van der Waals surface area contributed by atoms with E-state index in [1.807, 2.05) is 75.5 Å². The van der Waals surface area contributed by atoms with Crippen LogP contribution in [0, 0.1) is 0 Å². The van der Waals surface area contributed by atoms with Gasteiger partial charge in [0.2, 0.25) is 7.98 Å². The molecule has 0 rings (SSSR count). The molecule has 21 heavy (non-hydrogen) atoms. The lowest BCUT2D eigenvalue weighted by Gasteiger charge is -2.24. The van der Waals surface area contributed by atoms with E-state index in [9.17, 15) is 0 Å². The zero-order chi connectivity index (χ0) is 16.1. The Balaban J connectivity index is 5.26. The highest BCUT2D eigenvalue weighted by Gasteiger charge is 2.05. The summed E-state index contributed by atoms with van der Waals surface area (Å²) in [5, 5.41) is 0. The van der Waals surface area contributed by atoms with Crippen LogP contribution < -0.4 is 0 Å². The van der Waals surface area contributed by atoms with Crippen LogP contribution in [0.1, 0.15) is 20.8 Å². The Hall–Kier alpha value is -2.22. The largest absolute Gasteiger partial charge is 0.398 e. The van der Waals surface area contributed by atoms with Gasteiger partial charge in [-0.3, -0.25) is 0 Å². The third-order valence-corrected chi connectivity index (χ3v) is 2.71. The minimum absolute atomic E-state index is 0.854. The van der Waals surface area contributed by atoms with E-state index < -0.39 is 0 Å². The molecular weight excluding hydrogens is 253 g/mol. The Morgan fingerprint density at radius 1 is 0.952 bits per heavy atom. The van der Waals surface area contributed by atoms with Gasteiger partial charge in [0.15, 0.2) is 0 Å². The van der Waals surface area contributed by atoms with Crippen LogP contribution in [0.3, 0.4) is 0 Å². The van der Waals surface area contributed by atoms with E-state index in [4.69, 9.17) is 7.98 Å². The van der Waals surface area contributed by atoms with E-state index in [1.165, 1.54) is 0 Å². The van der Waals surface area contributed by atoms with Gasteiger partial charge in [0.05, 0.1) is 0 Å². The monoisotopic (exact) mass is 277 g/mol. The fourth-order valence-corrected chi connectivity index (χ4v) is 1.60. The van der Waals surface area contributed by atoms with Crippen LogP contribution in [-0.4, -0.2) is 12.8 Å². The first kappa shape index (κ1) is 18.8. The van der Waals surface area contributed by atoms with Gasteiger partial charge in [0.25, 0.3) is 0 Å². The van der Waals surface area contributed by atoms with Crippen molar-refractivity contribution in [3.05, 3.63) is 97.0 Å². The minimum atomic E-state index is 0.854. The van der Waals surface area contributed by atoms with E-state index in [0.717, 1.165) is 17.0 Å². The van der Waals surface area contributed by atoms with Gasteiger partial charge in [-0.05, 0) is 38.5 Å². The van der Waals surface area contributed by atoms with Crippen molar-refractivity contribution in [2.45, 2.75) is 20.8 Å². The fourth-order valence-electron chi connectivity index (χ4n) is 1.60. The number of nitrogens with zero attached hydrogens (tertiary/aromatic N) is 1. The van der Waals surface area contributed by atoms with Crippen molar-refractivity contribution in [2.24, 2.45) is 0 Å². The van der Waals surface area contributed by atoms with E-state index in [1.54, 1.807) is 17.0 Å². The highest BCUT2D eigenvalue weighted by molar-refractivity contribution is 6.07. The summed E-state index contributed by atoms with van der Waals surface area (Å²) in [6.45, 7) is 13.4. The number of hydrogen-bond acceptors (Lipinski definition) is 1. The summed E-state index contributed by atoms with van der Waals surface area (Å²) in [5.41, 5.74) is 2.76. The molecule has 0 aromatic rings. The number of hydrogen-bond donors (Lipinski definition) is 0. The molecule has 0 N–H and O–H groups in total. The first-order valence-corrected chi connectivity index (χ1v) is 6.91. The van der Waals surface area contributed by atoms with Crippen LogP contribution in [0.5, 0.6) is 0 Å². The van der Waals surface area contributed by atoms with Crippen LogP contribution in [0.25, 0.3) is 0 Å². The van der Waals surface area contributed by atoms with Gasteiger partial charge in [-0.2, -0.15) is 0 Å².